The van der Waals surface area contributed by atoms with Crippen molar-refractivity contribution in [2.24, 2.45) is 0 Å². The molecule has 0 radical (unpaired) electrons. The zero-order chi connectivity index (χ0) is 37.7. The van der Waals surface area contributed by atoms with Crippen molar-refractivity contribution in [3.8, 4) is 44.5 Å². The van der Waals surface area contributed by atoms with Crippen LogP contribution >= 0.6 is 0 Å². The maximum absolute atomic E-state index is 6.23. The molecule has 11 aromatic rings. The van der Waals surface area contributed by atoms with E-state index >= 15 is 0 Å². The summed E-state index contributed by atoms with van der Waals surface area (Å²) in [6, 6.07) is 76.1. The van der Waals surface area contributed by atoms with Crippen LogP contribution in [0.3, 0.4) is 0 Å². The highest BCUT2D eigenvalue weighted by Crippen LogP contribution is 2.38. The second kappa shape index (κ2) is 13.7. The third-order valence-electron chi connectivity index (χ3n) is 11.5. The molecular formula is C55H36O2. The van der Waals surface area contributed by atoms with E-state index in [0.717, 1.165) is 66.1 Å². The summed E-state index contributed by atoms with van der Waals surface area (Å²) in [6.45, 7) is 0. The van der Waals surface area contributed by atoms with Gasteiger partial charge in [-0.25, -0.2) is 0 Å². The van der Waals surface area contributed by atoms with E-state index in [4.69, 9.17) is 8.83 Å². The molecule has 0 saturated heterocycles. The van der Waals surface area contributed by atoms with Gasteiger partial charge in [0.1, 0.15) is 22.3 Å². The minimum Gasteiger partial charge on any atom is -0.456 e. The molecule has 268 valence electrons. The molecule has 0 amide bonds. The predicted octanol–water partition coefficient (Wildman–Crippen LogP) is 15.3. The van der Waals surface area contributed by atoms with E-state index in [9.17, 15) is 0 Å². The SMILES string of the molecule is c1ccc(-c2ccc(-c3ccc(C(c4ccc(-c5ccc6c(c5)oc5ccccc56)cc4)c4ccc(-c5ccc6c(c5)oc5ccccc56)cc4)cc3)cc2)cc1. The van der Waals surface area contributed by atoms with Gasteiger partial charge in [-0.3, -0.25) is 0 Å². The Morgan fingerprint density at radius 3 is 0.947 bits per heavy atom. The Hall–Kier alpha value is -7.42. The first-order chi connectivity index (χ1) is 28.2. The molecule has 0 saturated carbocycles. The van der Waals surface area contributed by atoms with E-state index in [1.54, 1.807) is 0 Å². The second-order valence-corrected chi connectivity index (χ2v) is 14.9. The quantitative estimate of drug-likeness (QED) is 0.153. The highest BCUT2D eigenvalue weighted by Gasteiger charge is 2.19. The van der Waals surface area contributed by atoms with Crippen LogP contribution in [0, 0.1) is 0 Å². The van der Waals surface area contributed by atoms with Crippen LogP contribution < -0.4 is 0 Å². The number of rotatable bonds is 7. The summed E-state index contributed by atoms with van der Waals surface area (Å²) in [5.41, 5.74) is 16.8. The first-order valence-corrected chi connectivity index (χ1v) is 19.5. The maximum atomic E-state index is 6.23. The average molecular weight is 729 g/mol. The van der Waals surface area contributed by atoms with Gasteiger partial charge in [-0.15, -0.1) is 0 Å². The Morgan fingerprint density at radius 1 is 0.228 bits per heavy atom. The number of hydrogen-bond donors (Lipinski definition) is 0. The normalized spacial score (nSPS) is 11.7. The van der Waals surface area contributed by atoms with Crippen LogP contribution in [0.15, 0.2) is 221 Å². The maximum Gasteiger partial charge on any atom is 0.136 e. The van der Waals surface area contributed by atoms with E-state index in [0.29, 0.717) is 0 Å². The highest BCUT2D eigenvalue weighted by molar-refractivity contribution is 6.06. The fourth-order valence-corrected chi connectivity index (χ4v) is 8.48. The highest BCUT2D eigenvalue weighted by atomic mass is 16.3. The fraction of sp³-hybridized carbons (Fsp3) is 0.0182. The van der Waals surface area contributed by atoms with Gasteiger partial charge in [-0.1, -0.05) is 176 Å². The Morgan fingerprint density at radius 2 is 0.526 bits per heavy atom. The molecule has 11 rings (SSSR count). The molecule has 57 heavy (non-hydrogen) atoms. The van der Waals surface area contributed by atoms with Crippen LogP contribution in [0.2, 0.25) is 0 Å². The number of benzene rings is 9. The summed E-state index contributed by atoms with van der Waals surface area (Å²) in [5.74, 6) is 0.0401. The van der Waals surface area contributed by atoms with Crippen molar-refractivity contribution in [3.63, 3.8) is 0 Å². The molecule has 2 heterocycles. The molecule has 0 aliphatic carbocycles. The fourth-order valence-electron chi connectivity index (χ4n) is 8.48. The van der Waals surface area contributed by atoms with Gasteiger partial charge in [-0.05, 0) is 97.6 Å². The molecule has 0 aliphatic heterocycles. The molecule has 0 unspecified atom stereocenters. The van der Waals surface area contributed by atoms with E-state index < -0.39 is 0 Å². The third kappa shape index (κ3) is 6.00. The van der Waals surface area contributed by atoms with Crippen molar-refractivity contribution in [3.05, 3.63) is 229 Å². The summed E-state index contributed by atoms with van der Waals surface area (Å²) in [5, 5.41) is 4.58. The molecule has 2 heteroatoms. The lowest BCUT2D eigenvalue weighted by molar-refractivity contribution is 0.668. The van der Waals surface area contributed by atoms with Crippen molar-refractivity contribution in [1.82, 2.24) is 0 Å². The number of hydrogen-bond acceptors (Lipinski definition) is 2. The van der Waals surface area contributed by atoms with Gasteiger partial charge in [0.15, 0.2) is 0 Å². The van der Waals surface area contributed by atoms with Crippen LogP contribution in [0.5, 0.6) is 0 Å². The lowest BCUT2D eigenvalue weighted by Crippen LogP contribution is -2.03. The Kier molecular flexibility index (Phi) is 7.93. The molecule has 0 N–H and O–H groups in total. The van der Waals surface area contributed by atoms with E-state index in [-0.39, 0.29) is 5.92 Å². The Labute approximate surface area is 330 Å². The summed E-state index contributed by atoms with van der Waals surface area (Å²) in [7, 11) is 0. The van der Waals surface area contributed by atoms with Crippen LogP contribution in [0.4, 0.5) is 0 Å². The standard InChI is InChI=1S/C55H36O2/c1-2-8-36(9-3-1)37-14-16-38(17-15-37)39-18-24-42(25-19-39)55(43-26-20-40(21-27-43)45-30-32-49-47-10-4-6-12-51(47)56-53(49)34-45)44-28-22-41(23-29-44)46-31-33-50-48-11-5-7-13-52(48)57-54(50)35-46/h1-35,55H. The van der Waals surface area contributed by atoms with Crippen molar-refractivity contribution >= 4 is 43.9 Å². The van der Waals surface area contributed by atoms with Crippen molar-refractivity contribution < 1.29 is 8.83 Å². The minimum absolute atomic E-state index is 0.0401. The molecule has 2 aromatic heterocycles. The van der Waals surface area contributed by atoms with Crippen molar-refractivity contribution in [2.45, 2.75) is 5.92 Å². The second-order valence-electron chi connectivity index (χ2n) is 14.9. The van der Waals surface area contributed by atoms with Crippen molar-refractivity contribution in [2.75, 3.05) is 0 Å². The van der Waals surface area contributed by atoms with Gasteiger partial charge in [0.2, 0.25) is 0 Å². The molecule has 0 aliphatic rings. The van der Waals surface area contributed by atoms with Gasteiger partial charge >= 0.3 is 0 Å². The lowest BCUT2D eigenvalue weighted by atomic mass is 9.83. The van der Waals surface area contributed by atoms with Crippen LogP contribution in [-0.4, -0.2) is 0 Å². The zero-order valence-corrected chi connectivity index (χ0v) is 31.1. The largest absolute Gasteiger partial charge is 0.456 e. The topological polar surface area (TPSA) is 26.3 Å². The van der Waals surface area contributed by atoms with Gasteiger partial charge in [0, 0.05) is 27.5 Å². The average Bonchev–Trinajstić information content (AvgIpc) is 3.85. The first kappa shape index (κ1) is 33.0. The summed E-state index contributed by atoms with van der Waals surface area (Å²) in [4.78, 5) is 0. The van der Waals surface area contributed by atoms with E-state index in [1.807, 2.05) is 24.3 Å². The van der Waals surface area contributed by atoms with Gasteiger partial charge in [-0.2, -0.15) is 0 Å². The van der Waals surface area contributed by atoms with Crippen molar-refractivity contribution in [1.29, 1.82) is 0 Å². The minimum atomic E-state index is 0.0401. The lowest BCUT2D eigenvalue weighted by Gasteiger charge is -2.20. The molecule has 2 nitrogen and oxygen atoms in total. The van der Waals surface area contributed by atoms with Gasteiger partial charge in [0.25, 0.3) is 0 Å². The summed E-state index contributed by atoms with van der Waals surface area (Å²) >= 11 is 0. The molecule has 0 bridgehead atoms. The third-order valence-corrected chi connectivity index (χ3v) is 11.5. The van der Waals surface area contributed by atoms with E-state index in [2.05, 4.69) is 188 Å². The Bertz CT molecular complexity index is 3030. The van der Waals surface area contributed by atoms with Crippen LogP contribution in [0.1, 0.15) is 22.6 Å². The summed E-state index contributed by atoms with van der Waals surface area (Å²) < 4.78 is 12.5. The van der Waals surface area contributed by atoms with Gasteiger partial charge < -0.3 is 8.83 Å². The molecular weight excluding hydrogens is 693 g/mol. The molecule has 9 aromatic carbocycles. The Balaban J connectivity index is 0.939. The van der Waals surface area contributed by atoms with Crippen LogP contribution in [0.25, 0.3) is 88.4 Å². The monoisotopic (exact) mass is 728 g/mol. The predicted molar refractivity (Wildman–Crippen MR) is 237 cm³/mol. The molecule has 0 spiro atoms. The zero-order valence-electron chi connectivity index (χ0n) is 31.1. The number of fused-ring (bicyclic) bond motifs is 6. The molecule has 0 atom stereocenters. The first-order valence-electron chi connectivity index (χ1n) is 19.5. The van der Waals surface area contributed by atoms with Crippen LogP contribution in [-0.2, 0) is 0 Å². The van der Waals surface area contributed by atoms with Gasteiger partial charge in [0.05, 0.1) is 0 Å². The molecule has 0 fully saturated rings. The van der Waals surface area contributed by atoms with E-state index in [1.165, 1.54) is 38.9 Å². The number of furan rings is 2. The summed E-state index contributed by atoms with van der Waals surface area (Å²) in [6.07, 6.45) is 0. The smallest absolute Gasteiger partial charge is 0.136 e. The number of para-hydroxylation sites is 2.